The van der Waals surface area contributed by atoms with E-state index in [0.29, 0.717) is 12.1 Å². The summed E-state index contributed by atoms with van der Waals surface area (Å²) in [6.07, 6.45) is 0. The summed E-state index contributed by atoms with van der Waals surface area (Å²) in [5, 5.41) is 0. The van der Waals surface area contributed by atoms with Crippen LogP contribution in [0, 0.1) is 0 Å². The van der Waals surface area contributed by atoms with Crippen LogP contribution in [-0.2, 0) is 4.74 Å². The van der Waals surface area contributed by atoms with E-state index in [9.17, 15) is 0 Å². The Bertz CT molecular complexity index is 154. The summed E-state index contributed by atoms with van der Waals surface area (Å²) in [5.41, 5.74) is 0.200. The van der Waals surface area contributed by atoms with E-state index in [1.165, 1.54) is 0 Å². The second-order valence-electron chi connectivity index (χ2n) is 4.68. The molecule has 1 rings (SSSR count). The predicted octanol–water partition coefficient (Wildman–Crippen LogP) is 1.89. The normalized spacial score (nSPS) is 31.0. The third kappa shape index (κ3) is 1.80. The lowest BCUT2D eigenvalue weighted by molar-refractivity contribution is -0.0983. The van der Waals surface area contributed by atoms with Crippen molar-refractivity contribution >= 4 is 0 Å². The Morgan fingerprint density at radius 1 is 1.42 bits per heavy atom. The van der Waals surface area contributed by atoms with Crippen LogP contribution in [-0.4, -0.2) is 35.7 Å². The standard InChI is InChI=1S/C10H21NO/c1-8(2)11-9(3)6-12-7-10(11,4)5/h8-9H,6-7H2,1-5H3. The van der Waals surface area contributed by atoms with Gasteiger partial charge in [-0.1, -0.05) is 0 Å². The van der Waals surface area contributed by atoms with Crippen molar-refractivity contribution in [2.45, 2.75) is 52.2 Å². The van der Waals surface area contributed by atoms with Crippen molar-refractivity contribution in [3.63, 3.8) is 0 Å². The van der Waals surface area contributed by atoms with Crippen LogP contribution >= 0.6 is 0 Å². The molecule has 1 saturated heterocycles. The van der Waals surface area contributed by atoms with E-state index in [0.717, 1.165) is 13.2 Å². The Morgan fingerprint density at radius 2 is 2.00 bits per heavy atom. The van der Waals surface area contributed by atoms with Crippen molar-refractivity contribution in [2.75, 3.05) is 13.2 Å². The van der Waals surface area contributed by atoms with Crippen LogP contribution < -0.4 is 0 Å². The zero-order chi connectivity index (χ0) is 9.35. The van der Waals surface area contributed by atoms with E-state index in [4.69, 9.17) is 4.74 Å². The van der Waals surface area contributed by atoms with Gasteiger partial charge in [-0.15, -0.1) is 0 Å². The average molecular weight is 171 g/mol. The maximum Gasteiger partial charge on any atom is 0.0646 e. The van der Waals surface area contributed by atoms with Gasteiger partial charge in [0, 0.05) is 17.6 Å². The molecule has 0 aromatic heterocycles. The number of hydrogen-bond donors (Lipinski definition) is 0. The van der Waals surface area contributed by atoms with E-state index >= 15 is 0 Å². The SMILES string of the molecule is CC(C)N1C(C)COCC1(C)C. The summed E-state index contributed by atoms with van der Waals surface area (Å²) in [6, 6.07) is 1.16. The molecule has 0 spiro atoms. The minimum Gasteiger partial charge on any atom is -0.378 e. The van der Waals surface area contributed by atoms with E-state index in [-0.39, 0.29) is 5.54 Å². The van der Waals surface area contributed by atoms with Gasteiger partial charge in [0.2, 0.25) is 0 Å². The Morgan fingerprint density at radius 3 is 2.33 bits per heavy atom. The summed E-state index contributed by atoms with van der Waals surface area (Å²) < 4.78 is 5.54. The van der Waals surface area contributed by atoms with Gasteiger partial charge in [-0.2, -0.15) is 0 Å². The monoisotopic (exact) mass is 171 g/mol. The first-order chi connectivity index (χ1) is 5.45. The van der Waals surface area contributed by atoms with Crippen molar-refractivity contribution in [1.82, 2.24) is 4.90 Å². The molecule has 1 heterocycles. The Kier molecular flexibility index (Phi) is 2.79. The number of ether oxygens (including phenoxy) is 1. The molecule has 0 radical (unpaired) electrons. The molecule has 0 bridgehead atoms. The minimum absolute atomic E-state index is 0.200. The number of rotatable bonds is 1. The minimum atomic E-state index is 0.200. The molecule has 1 unspecified atom stereocenters. The second-order valence-corrected chi connectivity index (χ2v) is 4.68. The van der Waals surface area contributed by atoms with Gasteiger partial charge in [0.05, 0.1) is 13.2 Å². The third-order valence-electron chi connectivity index (χ3n) is 2.54. The molecule has 72 valence electrons. The zero-order valence-corrected chi connectivity index (χ0v) is 8.92. The average Bonchev–Trinajstić information content (AvgIpc) is 1.82. The van der Waals surface area contributed by atoms with Gasteiger partial charge in [-0.3, -0.25) is 4.90 Å². The molecule has 2 nitrogen and oxygen atoms in total. The highest BCUT2D eigenvalue weighted by atomic mass is 16.5. The summed E-state index contributed by atoms with van der Waals surface area (Å²) in [4.78, 5) is 2.54. The molecule has 0 amide bonds. The van der Waals surface area contributed by atoms with Crippen molar-refractivity contribution in [1.29, 1.82) is 0 Å². The van der Waals surface area contributed by atoms with Crippen LogP contribution in [0.4, 0.5) is 0 Å². The quantitative estimate of drug-likeness (QED) is 0.597. The van der Waals surface area contributed by atoms with Crippen molar-refractivity contribution < 1.29 is 4.74 Å². The topological polar surface area (TPSA) is 12.5 Å². The van der Waals surface area contributed by atoms with E-state index in [2.05, 4.69) is 39.5 Å². The highest BCUT2D eigenvalue weighted by Gasteiger charge is 2.36. The first-order valence-corrected chi connectivity index (χ1v) is 4.81. The molecule has 1 atom stereocenters. The maximum absolute atomic E-state index is 5.54. The second kappa shape index (κ2) is 3.35. The third-order valence-corrected chi connectivity index (χ3v) is 2.54. The number of hydrogen-bond acceptors (Lipinski definition) is 2. The van der Waals surface area contributed by atoms with Crippen molar-refractivity contribution in [3.05, 3.63) is 0 Å². The summed E-state index contributed by atoms with van der Waals surface area (Å²) in [5.74, 6) is 0. The summed E-state index contributed by atoms with van der Waals surface area (Å²) >= 11 is 0. The summed E-state index contributed by atoms with van der Waals surface area (Å²) in [7, 11) is 0. The van der Waals surface area contributed by atoms with Crippen LogP contribution in [0.1, 0.15) is 34.6 Å². The highest BCUT2D eigenvalue weighted by molar-refractivity contribution is 4.90. The van der Waals surface area contributed by atoms with Crippen LogP contribution in [0.5, 0.6) is 0 Å². The Labute approximate surface area is 75.9 Å². The molecule has 1 aliphatic heterocycles. The van der Waals surface area contributed by atoms with Crippen LogP contribution in [0.15, 0.2) is 0 Å². The molecule has 0 saturated carbocycles. The lowest BCUT2D eigenvalue weighted by Crippen LogP contribution is -2.59. The zero-order valence-electron chi connectivity index (χ0n) is 8.92. The van der Waals surface area contributed by atoms with E-state index in [1.54, 1.807) is 0 Å². The van der Waals surface area contributed by atoms with E-state index < -0.39 is 0 Å². The highest BCUT2D eigenvalue weighted by Crippen LogP contribution is 2.25. The Hall–Kier alpha value is -0.0800. The molecule has 0 N–H and O–H groups in total. The molecule has 12 heavy (non-hydrogen) atoms. The van der Waals surface area contributed by atoms with Gasteiger partial charge >= 0.3 is 0 Å². The molecule has 0 aromatic carbocycles. The van der Waals surface area contributed by atoms with Gasteiger partial charge in [0.25, 0.3) is 0 Å². The molecular formula is C10H21NO. The molecular weight excluding hydrogens is 150 g/mol. The number of morpholine rings is 1. The first-order valence-electron chi connectivity index (χ1n) is 4.81. The van der Waals surface area contributed by atoms with Gasteiger partial charge in [-0.25, -0.2) is 0 Å². The molecule has 0 aromatic rings. The molecule has 2 heteroatoms. The molecule has 0 aliphatic carbocycles. The fraction of sp³-hybridized carbons (Fsp3) is 1.00. The van der Waals surface area contributed by atoms with Gasteiger partial charge in [-0.05, 0) is 34.6 Å². The van der Waals surface area contributed by atoms with E-state index in [1.807, 2.05) is 0 Å². The fourth-order valence-corrected chi connectivity index (χ4v) is 2.44. The first kappa shape index (κ1) is 10.0. The van der Waals surface area contributed by atoms with Crippen molar-refractivity contribution in [2.24, 2.45) is 0 Å². The fourth-order valence-electron chi connectivity index (χ4n) is 2.44. The van der Waals surface area contributed by atoms with Crippen LogP contribution in [0.25, 0.3) is 0 Å². The van der Waals surface area contributed by atoms with Crippen molar-refractivity contribution in [3.8, 4) is 0 Å². The summed E-state index contributed by atoms with van der Waals surface area (Å²) in [6.45, 7) is 13.0. The van der Waals surface area contributed by atoms with Crippen LogP contribution in [0.2, 0.25) is 0 Å². The number of nitrogens with zero attached hydrogens (tertiary/aromatic N) is 1. The van der Waals surface area contributed by atoms with Crippen LogP contribution in [0.3, 0.4) is 0 Å². The van der Waals surface area contributed by atoms with Gasteiger partial charge in [0.15, 0.2) is 0 Å². The lowest BCUT2D eigenvalue weighted by Gasteiger charge is -2.48. The molecule has 1 fully saturated rings. The maximum atomic E-state index is 5.54. The smallest absolute Gasteiger partial charge is 0.0646 e. The Balaban J connectivity index is 2.74. The van der Waals surface area contributed by atoms with Gasteiger partial charge < -0.3 is 4.74 Å². The predicted molar refractivity (Wildman–Crippen MR) is 51.3 cm³/mol. The largest absolute Gasteiger partial charge is 0.378 e. The van der Waals surface area contributed by atoms with Gasteiger partial charge in [0.1, 0.15) is 0 Å². The molecule has 1 aliphatic rings. The lowest BCUT2D eigenvalue weighted by atomic mass is 9.97.